The molecule has 18 heavy (non-hydrogen) atoms. The fourth-order valence-corrected chi connectivity index (χ4v) is 1.89. The van der Waals surface area contributed by atoms with Crippen molar-refractivity contribution in [3.05, 3.63) is 48.3 Å². The maximum atomic E-state index is 12.8. The molecule has 2 atom stereocenters. The average Bonchev–Trinajstić information content (AvgIpc) is 2.36. The van der Waals surface area contributed by atoms with Crippen LogP contribution < -0.4 is 0 Å². The van der Waals surface area contributed by atoms with E-state index in [0.29, 0.717) is 6.54 Å². The van der Waals surface area contributed by atoms with Crippen LogP contribution in [-0.2, 0) is 0 Å². The van der Waals surface area contributed by atoms with Gasteiger partial charge in [-0.1, -0.05) is 18.2 Å². The molecule has 0 radical (unpaired) electrons. The van der Waals surface area contributed by atoms with Crippen molar-refractivity contribution in [3.8, 4) is 0 Å². The lowest BCUT2D eigenvalue weighted by Gasteiger charge is -2.27. The van der Waals surface area contributed by atoms with Crippen LogP contribution in [0.5, 0.6) is 0 Å². The van der Waals surface area contributed by atoms with Gasteiger partial charge in [-0.15, -0.1) is 6.58 Å². The molecule has 1 aromatic rings. The zero-order valence-electron chi connectivity index (χ0n) is 11.1. The molecule has 1 N–H and O–H groups in total. The van der Waals surface area contributed by atoms with Crippen molar-refractivity contribution in [1.82, 2.24) is 4.90 Å². The van der Waals surface area contributed by atoms with Crippen LogP contribution in [0.15, 0.2) is 36.9 Å². The lowest BCUT2D eigenvalue weighted by molar-refractivity contribution is 0.102. The first-order valence-corrected chi connectivity index (χ1v) is 6.29. The lowest BCUT2D eigenvalue weighted by atomic mass is 10.1. The molecule has 0 aliphatic heterocycles. The van der Waals surface area contributed by atoms with Crippen molar-refractivity contribution < 1.29 is 9.50 Å². The van der Waals surface area contributed by atoms with Gasteiger partial charge in [0.2, 0.25) is 0 Å². The van der Waals surface area contributed by atoms with E-state index < -0.39 is 0 Å². The van der Waals surface area contributed by atoms with Crippen molar-refractivity contribution in [3.63, 3.8) is 0 Å². The summed E-state index contributed by atoms with van der Waals surface area (Å²) in [6, 6.07) is 6.66. The van der Waals surface area contributed by atoms with E-state index >= 15 is 0 Å². The van der Waals surface area contributed by atoms with Gasteiger partial charge in [-0.05, 0) is 44.5 Å². The van der Waals surface area contributed by atoms with E-state index in [4.69, 9.17) is 0 Å². The van der Waals surface area contributed by atoms with Crippen LogP contribution in [0.3, 0.4) is 0 Å². The van der Waals surface area contributed by atoms with Crippen LogP contribution in [0.25, 0.3) is 0 Å². The summed E-state index contributed by atoms with van der Waals surface area (Å²) in [4.78, 5) is 2.07. The Morgan fingerprint density at radius 1 is 1.39 bits per heavy atom. The molecule has 0 fully saturated rings. The van der Waals surface area contributed by atoms with Gasteiger partial charge >= 0.3 is 0 Å². The summed E-state index contributed by atoms with van der Waals surface area (Å²) in [6.07, 6.45) is 3.01. The zero-order chi connectivity index (χ0) is 13.5. The second kappa shape index (κ2) is 7.29. The van der Waals surface area contributed by atoms with E-state index in [2.05, 4.69) is 11.5 Å². The highest BCUT2D eigenvalue weighted by Crippen LogP contribution is 2.19. The molecule has 0 aromatic heterocycles. The van der Waals surface area contributed by atoms with Gasteiger partial charge in [0.1, 0.15) is 5.82 Å². The molecule has 0 bridgehead atoms. The molecule has 0 saturated heterocycles. The Morgan fingerprint density at radius 3 is 2.56 bits per heavy atom. The van der Waals surface area contributed by atoms with Crippen LogP contribution in [0.1, 0.15) is 31.4 Å². The summed E-state index contributed by atoms with van der Waals surface area (Å²) in [7, 11) is 1.96. The molecule has 1 rings (SSSR count). The largest absolute Gasteiger partial charge is 0.392 e. The third kappa shape index (κ3) is 4.59. The summed E-state index contributed by atoms with van der Waals surface area (Å²) in [5.74, 6) is -0.223. The normalized spacial score (nSPS) is 14.5. The number of benzene rings is 1. The predicted molar refractivity (Wildman–Crippen MR) is 72.9 cm³/mol. The third-order valence-corrected chi connectivity index (χ3v) is 3.22. The molecular weight excluding hydrogens is 229 g/mol. The molecule has 0 aliphatic carbocycles. The molecule has 3 heteroatoms. The Kier molecular flexibility index (Phi) is 6.02. The first-order chi connectivity index (χ1) is 8.54. The first kappa shape index (κ1) is 14.9. The molecule has 0 heterocycles. The van der Waals surface area contributed by atoms with Crippen molar-refractivity contribution in [2.45, 2.75) is 31.9 Å². The van der Waals surface area contributed by atoms with Crippen molar-refractivity contribution in [1.29, 1.82) is 0 Å². The lowest BCUT2D eigenvalue weighted by Crippen LogP contribution is -2.31. The van der Waals surface area contributed by atoms with E-state index in [0.717, 1.165) is 18.4 Å². The Hall–Kier alpha value is -1.19. The summed E-state index contributed by atoms with van der Waals surface area (Å²) in [5.41, 5.74) is 1.05. The molecule has 0 spiro atoms. The second-order valence-electron chi connectivity index (χ2n) is 4.69. The zero-order valence-corrected chi connectivity index (χ0v) is 11.1. The Balaban J connectivity index is 2.52. The molecule has 100 valence electrons. The number of aliphatic hydroxyl groups is 1. The van der Waals surface area contributed by atoms with Gasteiger partial charge in [0.15, 0.2) is 0 Å². The number of nitrogens with zero attached hydrogens (tertiary/aromatic N) is 1. The van der Waals surface area contributed by atoms with Gasteiger partial charge in [-0.3, -0.25) is 4.90 Å². The molecule has 0 aliphatic rings. The maximum absolute atomic E-state index is 12.8. The molecule has 0 saturated carbocycles. The second-order valence-corrected chi connectivity index (χ2v) is 4.69. The fourth-order valence-electron chi connectivity index (χ4n) is 1.89. The van der Waals surface area contributed by atoms with Gasteiger partial charge in [0.05, 0.1) is 6.10 Å². The highest BCUT2D eigenvalue weighted by molar-refractivity contribution is 5.19. The minimum absolute atomic E-state index is 0.156. The van der Waals surface area contributed by atoms with E-state index in [1.54, 1.807) is 12.1 Å². The van der Waals surface area contributed by atoms with E-state index in [-0.39, 0.29) is 18.0 Å². The average molecular weight is 251 g/mol. The Labute approximate surface area is 109 Å². The molecule has 2 nitrogen and oxygen atoms in total. The smallest absolute Gasteiger partial charge is 0.123 e. The third-order valence-electron chi connectivity index (χ3n) is 3.22. The van der Waals surface area contributed by atoms with Crippen molar-refractivity contribution in [2.75, 3.05) is 13.6 Å². The SMILES string of the molecule is C=CCCC(O)CN(C)C(C)c1ccc(F)cc1. The van der Waals surface area contributed by atoms with Gasteiger partial charge < -0.3 is 5.11 Å². The van der Waals surface area contributed by atoms with Crippen LogP contribution in [-0.4, -0.2) is 29.7 Å². The van der Waals surface area contributed by atoms with Gasteiger partial charge in [0.25, 0.3) is 0 Å². The standard InChI is InChI=1S/C15H22FNO/c1-4-5-6-15(18)11-17(3)12(2)13-7-9-14(16)10-8-13/h4,7-10,12,15,18H,1,5-6,11H2,2-3H3. The number of hydrogen-bond donors (Lipinski definition) is 1. The number of likely N-dealkylation sites (N-methyl/N-ethyl adjacent to an activating group) is 1. The first-order valence-electron chi connectivity index (χ1n) is 6.29. The number of allylic oxidation sites excluding steroid dienone is 1. The number of halogens is 1. The monoisotopic (exact) mass is 251 g/mol. The molecule has 2 unspecified atom stereocenters. The topological polar surface area (TPSA) is 23.5 Å². The summed E-state index contributed by atoms with van der Waals surface area (Å²) < 4.78 is 12.8. The van der Waals surface area contributed by atoms with E-state index in [1.807, 2.05) is 20.0 Å². The fraction of sp³-hybridized carbons (Fsp3) is 0.467. The molecule has 0 amide bonds. The number of rotatable bonds is 7. The van der Waals surface area contributed by atoms with E-state index in [9.17, 15) is 9.50 Å². The van der Waals surface area contributed by atoms with Gasteiger partial charge in [-0.2, -0.15) is 0 Å². The van der Waals surface area contributed by atoms with Crippen LogP contribution in [0, 0.1) is 5.82 Å². The van der Waals surface area contributed by atoms with Crippen LogP contribution >= 0.6 is 0 Å². The minimum atomic E-state index is -0.351. The molecular formula is C15H22FNO. The van der Waals surface area contributed by atoms with Crippen molar-refractivity contribution >= 4 is 0 Å². The highest BCUT2D eigenvalue weighted by Gasteiger charge is 2.14. The van der Waals surface area contributed by atoms with Crippen molar-refractivity contribution in [2.24, 2.45) is 0 Å². The minimum Gasteiger partial charge on any atom is -0.392 e. The van der Waals surface area contributed by atoms with Gasteiger partial charge in [-0.25, -0.2) is 4.39 Å². The number of aliphatic hydroxyl groups excluding tert-OH is 1. The Bertz CT molecular complexity index is 363. The predicted octanol–water partition coefficient (Wildman–Crippen LogP) is 3.15. The molecule has 1 aromatic carbocycles. The summed E-state index contributed by atoms with van der Waals surface area (Å²) in [6.45, 7) is 6.30. The van der Waals surface area contributed by atoms with E-state index in [1.165, 1.54) is 12.1 Å². The highest BCUT2D eigenvalue weighted by atomic mass is 19.1. The Morgan fingerprint density at radius 2 is 2.00 bits per heavy atom. The van der Waals surface area contributed by atoms with Crippen LogP contribution in [0.4, 0.5) is 4.39 Å². The summed E-state index contributed by atoms with van der Waals surface area (Å²) >= 11 is 0. The number of hydrogen-bond acceptors (Lipinski definition) is 2. The quantitative estimate of drug-likeness (QED) is 0.752. The van der Waals surface area contributed by atoms with Crippen LogP contribution in [0.2, 0.25) is 0 Å². The van der Waals surface area contributed by atoms with Gasteiger partial charge in [0, 0.05) is 12.6 Å². The summed E-state index contributed by atoms with van der Waals surface area (Å²) in [5, 5.41) is 9.84. The maximum Gasteiger partial charge on any atom is 0.123 e.